The van der Waals surface area contributed by atoms with Crippen LogP contribution in [0.2, 0.25) is 0 Å². The average molecular weight is 197 g/mol. The predicted octanol–water partition coefficient (Wildman–Crippen LogP) is 2.23. The summed E-state index contributed by atoms with van der Waals surface area (Å²) in [6.45, 7) is 0. The van der Waals surface area contributed by atoms with Crippen LogP contribution in [0.4, 0.5) is 0 Å². The van der Waals surface area contributed by atoms with Crippen LogP contribution in [0.5, 0.6) is 0 Å². The van der Waals surface area contributed by atoms with E-state index < -0.39 is 0 Å². The zero-order valence-corrected chi connectivity index (χ0v) is 9.24. The van der Waals surface area contributed by atoms with E-state index in [1.54, 1.807) is 0 Å². The molecule has 0 aromatic heterocycles. The van der Waals surface area contributed by atoms with E-state index >= 15 is 0 Å². The lowest BCUT2D eigenvalue weighted by Gasteiger charge is -2.60. The fraction of sp³-hybridized carbons (Fsp3) is 1.00. The van der Waals surface area contributed by atoms with Gasteiger partial charge in [-0.15, -0.1) is 0 Å². The van der Waals surface area contributed by atoms with Gasteiger partial charge in [0.25, 0.3) is 0 Å². The Morgan fingerprint density at radius 3 is 2.23 bits per heavy atom. The maximum absolute atomic E-state index is 4.92. The molecule has 4 fully saturated rings. The SMILES string of the molecule is CNC12CC3CC(CC(S)(C3)C1)C2. The lowest BCUT2D eigenvalue weighted by molar-refractivity contribution is 0.00130. The van der Waals surface area contributed by atoms with Crippen molar-refractivity contribution < 1.29 is 0 Å². The van der Waals surface area contributed by atoms with Crippen LogP contribution in [-0.4, -0.2) is 17.3 Å². The Morgan fingerprint density at radius 2 is 1.77 bits per heavy atom. The van der Waals surface area contributed by atoms with Crippen LogP contribution in [0.1, 0.15) is 38.5 Å². The molecular formula is C11H19NS. The number of hydrogen-bond acceptors (Lipinski definition) is 2. The van der Waals surface area contributed by atoms with Crippen molar-refractivity contribution in [2.45, 2.75) is 48.8 Å². The van der Waals surface area contributed by atoms with E-state index in [2.05, 4.69) is 12.4 Å². The van der Waals surface area contributed by atoms with Crippen molar-refractivity contribution >= 4 is 12.6 Å². The Kier molecular flexibility index (Phi) is 1.63. The third-order valence-electron chi connectivity index (χ3n) is 4.56. The summed E-state index contributed by atoms with van der Waals surface area (Å²) in [6, 6.07) is 0. The van der Waals surface area contributed by atoms with Crippen LogP contribution in [0.25, 0.3) is 0 Å². The van der Waals surface area contributed by atoms with E-state index in [4.69, 9.17) is 12.6 Å². The Balaban J connectivity index is 1.95. The Hall–Kier alpha value is 0.310. The summed E-state index contributed by atoms with van der Waals surface area (Å²) in [4.78, 5) is 0. The molecule has 0 amide bonds. The van der Waals surface area contributed by atoms with E-state index in [-0.39, 0.29) is 0 Å². The second-order valence-corrected chi connectivity index (χ2v) is 6.66. The smallest absolute Gasteiger partial charge is 0.0197 e. The molecule has 1 nitrogen and oxygen atoms in total. The molecule has 4 aliphatic carbocycles. The lowest BCUT2D eigenvalue weighted by Crippen LogP contribution is -2.62. The van der Waals surface area contributed by atoms with Gasteiger partial charge in [-0.3, -0.25) is 0 Å². The van der Waals surface area contributed by atoms with Gasteiger partial charge in [0.1, 0.15) is 0 Å². The van der Waals surface area contributed by atoms with Crippen molar-refractivity contribution in [3.63, 3.8) is 0 Å². The van der Waals surface area contributed by atoms with Gasteiger partial charge in [0, 0.05) is 10.3 Å². The molecule has 1 N–H and O–H groups in total. The quantitative estimate of drug-likeness (QED) is 0.614. The van der Waals surface area contributed by atoms with Crippen LogP contribution < -0.4 is 5.32 Å². The molecule has 0 aromatic carbocycles. The molecule has 4 rings (SSSR count). The van der Waals surface area contributed by atoms with Gasteiger partial charge in [0.2, 0.25) is 0 Å². The molecule has 0 aromatic rings. The summed E-state index contributed by atoms with van der Waals surface area (Å²) in [5.74, 6) is 1.96. The van der Waals surface area contributed by atoms with Crippen LogP contribution in [-0.2, 0) is 0 Å². The van der Waals surface area contributed by atoms with E-state index in [0.29, 0.717) is 10.3 Å². The maximum atomic E-state index is 4.92. The molecule has 0 radical (unpaired) electrons. The summed E-state index contributed by atoms with van der Waals surface area (Å²) < 4.78 is 0.396. The third kappa shape index (κ3) is 1.18. The topological polar surface area (TPSA) is 12.0 Å². The molecule has 2 atom stereocenters. The predicted molar refractivity (Wildman–Crippen MR) is 58.2 cm³/mol. The van der Waals surface area contributed by atoms with Gasteiger partial charge >= 0.3 is 0 Å². The highest BCUT2D eigenvalue weighted by Gasteiger charge is 2.55. The summed E-state index contributed by atoms with van der Waals surface area (Å²) in [7, 11) is 2.14. The summed E-state index contributed by atoms with van der Waals surface area (Å²) >= 11 is 4.92. The number of rotatable bonds is 1. The average Bonchev–Trinajstić information content (AvgIpc) is 1.99. The first kappa shape index (κ1) is 8.60. The van der Waals surface area contributed by atoms with Crippen molar-refractivity contribution in [1.29, 1.82) is 0 Å². The molecule has 4 aliphatic rings. The van der Waals surface area contributed by atoms with E-state index in [0.717, 1.165) is 11.8 Å². The Morgan fingerprint density at radius 1 is 1.15 bits per heavy atom. The lowest BCUT2D eigenvalue weighted by atomic mass is 9.52. The zero-order valence-electron chi connectivity index (χ0n) is 8.34. The molecule has 2 heteroatoms. The highest BCUT2D eigenvalue weighted by atomic mass is 32.1. The monoisotopic (exact) mass is 197 g/mol. The van der Waals surface area contributed by atoms with Gasteiger partial charge in [-0.1, -0.05) is 0 Å². The molecule has 0 aliphatic heterocycles. The van der Waals surface area contributed by atoms with Crippen molar-refractivity contribution in [3.05, 3.63) is 0 Å². The second kappa shape index (κ2) is 2.46. The fourth-order valence-electron chi connectivity index (χ4n) is 4.51. The summed E-state index contributed by atoms with van der Waals surface area (Å²) in [6.07, 6.45) is 8.41. The first-order chi connectivity index (χ1) is 6.13. The van der Waals surface area contributed by atoms with Gasteiger partial charge in [-0.2, -0.15) is 12.6 Å². The number of nitrogens with one attached hydrogen (secondary N) is 1. The van der Waals surface area contributed by atoms with Crippen LogP contribution in [0, 0.1) is 11.8 Å². The van der Waals surface area contributed by atoms with Gasteiger partial charge in [0.15, 0.2) is 0 Å². The molecule has 74 valence electrons. The summed E-state index contributed by atoms with van der Waals surface area (Å²) in [5.41, 5.74) is 0.478. The van der Waals surface area contributed by atoms with Crippen molar-refractivity contribution in [2.75, 3.05) is 7.05 Å². The number of hydrogen-bond donors (Lipinski definition) is 2. The normalized spacial score (nSPS) is 58.6. The summed E-state index contributed by atoms with van der Waals surface area (Å²) in [5, 5.41) is 3.59. The van der Waals surface area contributed by atoms with Crippen LogP contribution in [0.15, 0.2) is 0 Å². The Labute approximate surface area is 86.1 Å². The van der Waals surface area contributed by atoms with E-state index in [1.165, 1.54) is 38.5 Å². The minimum Gasteiger partial charge on any atom is -0.314 e. The van der Waals surface area contributed by atoms with Gasteiger partial charge in [-0.25, -0.2) is 0 Å². The zero-order chi connectivity index (χ0) is 9.10. The maximum Gasteiger partial charge on any atom is 0.0197 e. The molecular weight excluding hydrogens is 178 g/mol. The van der Waals surface area contributed by atoms with Gasteiger partial charge in [-0.05, 0) is 57.4 Å². The van der Waals surface area contributed by atoms with Crippen LogP contribution in [0.3, 0.4) is 0 Å². The highest BCUT2D eigenvalue weighted by molar-refractivity contribution is 7.81. The first-order valence-electron chi connectivity index (χ1n) is 5.54. The molecule has 4 saturated carbocycles. The van der Waals surface area contributed by atoms with Gasteiger partial charge < -0.3 is 5.32 Å². The largest absolute Gasteiger partial charge is 0.314 e. The minimum absolute atomic E-state index is 0.396. The molecule has 0 heterocycles. The van der Waals surface area contributed by atoms with Gasteiger partial charge in [0.05, 0.1) is 0 Å². The fourth-order valence-corrected chi connectivity index (χ4v) is 5.33. The Bertz CT molecular complexity index is 224. The van der Waals surface area contributed by atoms with E-state index in [1.807, 2.05) is 0 Å². The third-order valence-corrected chi connectivity index (χ3v) is 5.08. The molecule has 0 spiro atoms. The molecule has 4 bridgehead atoms. The highest BCUT2D eigenvalue weighted by Crippen LogP contribution is 2.59. The minimum atomic E-state index is 0.396. The number of thiol groups is 1. The van der Waals surface area contributed by atoms with Crippen molar-refractivity contribution in [1.82, 2.24) is 5.32 Å². The second-order valence-electron chi connectivity index (χ2n) is 5.72. The standard InChI is InChI=1S/C11H19NS/c1-12-10-3-8-2-9(4-10)6-11(13,5-8)7-10/h8-9,12-13H,2-7H2,1H3. The molecule has 0 saturated heterocycles. The first-order valence-corrected chi connectivity index (χ1v) is 5.99. The van der Waals surface area contributed by atoms with Crippen LogP contribution >= 0.6 is 12.6 Å². The molecule has 13 heavy (non-hydrogen) atoms. The van der Waals surface area contributed by atoms with Crippen molar-refractivity contribution in [2.24, 2.45) is 11.8 Å². The molecule has 2 unspecified atom stereocenters. The van der Waals surface area contributed by atoms with E-state index in [9.17, 15) is 0 Å². The van der Waals surface area contributed by atoms with Crippen molar-refractivity contribution in [3.8, 4) is 0 Å².